The van der Waals surface area contributed by atoms with Crippen LogP contribution in [0.25, 0.3) is 0 Å². The monoisotopic (exact) mass is 360 g/mol. The average molecular weight is 363 g/mol. The van der Waals surface area contributed by atoms with Gasteiger partial charge in [0.1, 0.15) is 9.75 Å². The quantitative estimate of drug-likeness (QED) is 0.741. The second kappa shape index (κ2) is 4.33. The third-order valence-electron chi connectivity index (χ3n) is 3.98. The van der Waals surface area contributed by atoms with Crippen molar-refractivity contribution in [3.05, 3.63) is 0 Å². The van der Waals surface area contributed by atoms with E-state index >= 15 is 0 Å². The van der Waals surface area contributed by atoms with Gasteiger partial charge in [-0.1, -0.05) is 23.2 Å². The number of aliphatic hydroxyl groups is 2. The molecule has 0 aromatic carbocycles. The van der Waals surface area contributed by atoms with Gasteiger partial charge in [-0.2, -0.15) is 0 Å². The van der Waals surface area contributed by atoms with Gasteiger partial charge in [-0.05, 0) is 0 Å². The van der Waals surface area contributed by atoms with Gasteiger partial charge in [0.2, 0.25) is 0 Å². The Bertz CT molecular complexity index is 309. The van der Waals surface area contributed by atoms with Crippen molar-refractivity contribution in [3.63, 3.8) is 0 Å². The summed E-state index contributed by atoms with van der Waals surface area (Å²) >= 11 is 37.7. The Morgan fingerprint density at radius 1 is 0.765 bits per heavy atom. The SMILES string of the molecule is OC[C@H]1[C@H](CO)[C@@]2(Cl)[C@@H](Cl)[C@@H](Cl)[C@]1(Cl)C2(Cl)Cl. The van der Waals surface area contributed by atoms with Crippen LogP contribution in [0.2, 0.25) is 0 Å². The van der Waals surface area contributed by atoms with Crippen LogP contribution in [0.4, 0.5) is 0 Å². The van der Waals surface area contributed by atoms with Crippen LogP contribution >= 0.6 is 69.6 Å². The number of hydrogen-bond donors (Lipinski definition) is 2. The van der Waals surface area contributed by atoms with Crippen molar-refractivity contribution in [2.24, 2.45) is 11.8 Å². The predicted octanol–water partition coefficient (Wildman–Crippen LogP) is 2.57. The van der Waals surface area contributed by atoms with Crippen LogP contribution in [0.1, 0.15) is 0 Å². The first-order valence-corrected chi connectivity index (χ1v) is 7.35. The van der Waals surface area contributed by atoms with Crippen molar-refractivity contribution in [2.45, 2.75) is 24.8 Å². The Hall–Kier alpha value is 1.66. The minimum Gasteiger partial charge on any atom is -0.396 e. The molecular weight excluding hydrogens is 353 g/mol. The molecule has 0 saturated heterocycles. The Morgan fingerprint density at radius 2 is 1.06 bits per heavy atom. The molecule has 0 aliphatic heterocycles. The number of rotatable bonds is 2. The molecule has 0 aromatic heterocycles. The molecule has 17 heavy (non-hydrogen) atoms. The zero-order valence-corrected chi connectivity index (χ0v) is 12.9. The number of hydrogen-bond acceptors (Lipinski definition) is 2. The van der Waals surface area contributed by atoms with E-state index in [2.05, 4.69) is 0 Å². The van der Waals surface area contributed by atoms with E-state index in [9.17, 15) is 10.2 Å². The van der Waals surface area contributed by atoms with Crippen molar-refractivity contribution in [1.82, 2.24) is 0 Å². The molecule has 0 aromatic rings. The van der Waals surface area contributed by atoms with Gasteiger partial charge < -0.3 is 10.2 Å². The summed E-state index contributed by atoms with van der Waals surface area (Å²) in [6, 6.07) is 0. The van der Waals surface area contributed by atoms with Gasteiger partial charge in [-0.25, -0.2) is 0 Å². The first kappa shape index (κ1) is 15.1. The molecule has 2 aliphatic rings. The van der Waals surface area contributed by atoms with Crippen LogP contribution in [-0.4, -0.2) is 48.3 Å². The molecule has 0 amide bonds. The molecule has 0 heterocycles. The highest BCUT2D eigenvalue weighted by Gasteiger charge is 2.85. The van der Waals surface area contributed by atoms with Crippen LogP contribution < -0.4 is 0 Å². The zero-order chi connectivity index (χ0) is 13.2. The van der Waals surface area contributed by atoms with Crippen molar-refractivity contribution < 1.29 is 10.2 Å². The number of aliphatic hydroxyl groups excluding tert-OH is 2. The molecule has 2 saturated carbocycles. The molecule has 2 N–H and O–H groups in total. The third-order valence-corrected chi connectivity index (χ3v) is 8.76. The zero-order valence-electron chi connectivity index (χ0n) is 8.39. The maximum Gasteiger partial charge on any atom is 0.160 e. The summed E-state index contributed by atoms with van der Waals surface area (Å²) in [4.78, 5) is -2.73. The Balaban J connectivity index is 2.63. The van der Waals surface area contributed by atoms with Gasteiger partial charge >= 0.3 is 0 Å². The molecule has 0 spiro atoms. The molecule has 2 fully saturated rings. The van der Waals surface area contributed by atoms with Crippen molar-refractivity contribution in [1.29, 1.82) is 0 Å². The lowest BCUT2D eigenvalue weighted by atomic mass is 9.79. The highest BCUT2D eigenvalue weighted by Crippen LogP contribution is 2.74. The summed E-state index contributed by atoms with van der Waals surface area (Å²) in [5.74, 6) is -1.22. The fourth-order valence-corrected chi connectivity index (χ4v) is 6.53. The number of alkyl halides is 6. The van der Waals surface area contributed by atoms with Crippen molar-refractivity contribution in [2.75, 3.05) is 13.2 Å². The Morgan fingerprint density at radius 3 is 1.29 bits per heavy atom. The van der Waals surface area contributed by atoms with Gasteiger partial charge in [0.25, 0.3) is 0 Å². The minimum absolute atomic E-state index is 0.322. The summed E-state index contributed by atoms with van der Waals surface area (Å²) in [6.07, 6.45) is 0. The second-order valence-corrected chi connectivity index (χ2v) is 8.01. The standard InChI is InChI=1S/C9H10Cl6O2/c10-5-6(11)8(13)4(2-17)3(1-16)7(5,12)9(8,14)15/h3-6,16-17H,1-2H2/t3-,4-,5-,6+,7+,8-/m0/s1. The summed E-state index contributed by atoms with van der Waals surface area (Å²) in [7, 11) is 0. The molecule has 2 bridgehead atoms. The van der Waals surface area contributed by atoms with E-state index in [-0.39, 0.29) is 13.2 Å². The molecule has 100 valence electrons. The van der Waals surface area contributed by atoms with Crippen LogP contribution in [0.5, 0.6) is 0 Å². The van der Waals surface area contributed by atoms with Crippen molar-refractivity contribution in [3.8, 4) is 0 Å². The molecule has 0 unspecified atom stereocenters. The van der Waals surface area contributed by atoms with Gasteiger partial charge in [-0.15, -0.1) is 46.4 Å². The van der Waals surface area contributed by atoms with Gasteiger partial charge in [0, 0.05) is 25.0 Å². The van der Waals surface area contributed by atoms with E-state index in [0.717, 1.165) is 0 Å². The highest BCUT2D eigenvalue weighted by atomic mass is 35.5. The summed E-state index contributed by atoms with van der Waals surface area (Å²) < 4.78 is -1.62. The maximum atomic E-state index is 9.43. The summed E-state index contributed by atoms with van der Waals surface area (Å²) in [5.41, 5.74) is 0. The van der Waals surface area contributed by atoms with Crippen LogP contribution in [0.15, 0.2) is 0 Å². The van der Waals surface area contributed by atoms with Crippen LogP contribution in [0.3, 0.4) is 0 Å². The van der Waals surface area contributed by atoms with E-state index in [1.807, 2.05) is 0 Å². The van der Waals surface area contributed by atoms with Gasteiger partial charge in [0.15, 0.2) is 4.33 Å². The molecule has 8 heteroatoms. The smallest absolute Gasteiger partial charge is 0.160 e. The van der Waals surface area contributed by atoms with Crippen molar-refractivity contribution >= 4 is 69.6 Å². The third kappa shape index (κ3) is 1.40. The molecule has 6 atom stereocenters. The number of halogens is 6. The highest BCUT2D eigenvalue weighted by molar-refractivity contribution is 6.62. The molecule has 0 radical (unpaired) electrons. The number of fused-ring (bicyclic) bond motifs is 2. The fraction of sp³-hybridized carbons (Fsp3) is 1.00. The first-order chi connectivity index (χ1) is 7.71. The fourth-order valence-electron chi connectivity index (χ4n) is 3.05. The maximum absolute atomic E-state index is 9.43. The summed E-state index contributed by atoms with van der Waals surface area (Å²) in [6.45, 7) is -0.644. The average Bonchev–Trinajstić information content (AvgIpc) is 2.48. The predicted molar refractivity (Wildman–Crippen MR) is 72.0 cm³/mol. The normalized spacial score (nSPS) is 56.5. The second-order valence-electron chi connectivity index (χ2n) is 4.49. The Labute approximate surface area is 129 Å². The van der Waals surface area contributed by atoms with E-state index in [4.69, 9.17) is 69.6 Å². The van der Waals surface area contributed by atoms with Crippen LogP contribution in [-0.2, 0) is 0 Å². The van der Waals surface area contributed by atoms with E-state index in [1.54, 1.807) is 0 Å². The molecular formula is C9H10Cl6O2. The molecule has 2 nitrogen and oxygen atoms in total. The lowest BCUT2D eigenvalue weighted by Gasteiger charge is -2.40. The Kier molecular flexibility index (Phi) is 3.83. The topological polar surface area (TPSA) is 40.5 Å². The largest absolute Gasteiger partial charge is 0.396 e. The van der Waals surface area contributed by atoms with E-state index in [0.29, 0.717) is 0 Å². The molecule has 2 rings (SSSR count). The van der Waals surface area contributed by atoms with E-state index in [1.165, 1.54) is 0 Å². The summed E-state index contributed by atoms with van der Waals surface area (Å²) in [5, 5.41) is 17.3. The minimum atomic E-state index is -1.62. The van der Waals surface area contributed by atoms with E-state index < -0.39 is 36.7 Å². The molecule has 2 aliphatic carbocycles. The van der Waals surface area contributed by atoms with Gasteiger partial charge in [-0.3, -0.25) is 0 Å². The lowest BCUT2D eigenvalue weighted by molar-refractivity contribution is 0.0953. The lowest BCUT2D eigenvalue weighted by Crippen LogP contribution is -2.52. The first-order valence-electron chi connectivity index (χ1n) is 4.96. The van der Waals surface area contributed by atoms with Gasteiger partial charge in [0.05, 0.1) is 10.8 Å². The van der Waals surface area contributed by atoms with Crippen LogP contribution in [0, 0.1) is 11.8 Å².